The monoisotopic (exact) mass is 378 g/mol. The number of amides is 2. The second-order valence-electron chi connectivity index (χ2n) is 7.17. The minimum atomic E-state index is -0.999. The summed E-state index contributed by atoms with van der Waals surface area (Å²) in [5, 5.41) is 15.3. The quantitative estimate of drug-likeness (QED) is 0.706. The van der Waals surface area contributed by atoms with Crippen molar-refractivity contribution in [3.63, 3.8) is 0 Å². The molecule has 7 heteroatoms. The van der Waals surface area contributed by atoms with Gasteiger partial charge < -0.3 is 15.7 Å². The van der Waals surface area contributed by atoms with Crippen molar-refractivity contribution in [2.75, 3.05) is 5.32 Å². The standard InChI is InChI=1S/C19H26N2O4S/c22-15(10-11-16(23)24)21-19-17(13-8-4-5-9-14(13)26-19)18(25)20-12-6-2-1-3-7-12/h12H,1-11H2,(H,20,25)(H,21,22)(H,23,24). The molecule has 0 unspecified atom stereocenters. The molecule has 142 valence electrons. The molecule has 1 heterocycles. The van der Waals surface area contributed by atoms with E-state index in [1.54, 1.807) is 0 Å². The summed E-state index contributed by atoms with van der Waals surface area (Å²) >= 11 is 1.47. The second-order valence-corrected chi connectivity index (χ2v) is 8.27. The number of carboxylic acids is 1. The van der Waals surface area contributed by atoms with Gasteiger partial charge in [-0.1, -0.05) is 19.3 Å². The second kappa shape index (κ2) is 8.66. The number of hydrogen-bond donors (Lipinski definition) is 3. The minimum Gasteiger partial charge on any atom is -0.481 e. The van der Waals surface area contributed by atoms with Gasteiger partial charge in [0.1, 0.15) is 5.00 Å². The summed E-state index contributed by atoms with van der Waals surface area (Å²) in [4.78, 5) is 36.9. The Hall–Kier alpha value is -1.89. The van der Waals surface area contributed by atoms with E-state index in [2.05, 4.69) is 10.6 Å². The van der Waals surface area contributed by atoms with Crippen molar-refractivity contribution >= 4 is 34.1 Å². The number of anilines is 1. The molecule has 1 aromatic rings. The van der Waals surface area contributed by atoms with Crippen molar-refractivity contribution in [1.29, 1.82) is 0 Å². The maximum absolute atomic E-state index is 13.0. The van der Waals surface area contributed by atoms with Crippen molar-refractivity contribution in [2.45, 2.75) is 76.7 Å². The minimum absolute atomic E-state index is 0.0818. The molecule has 0 aromatic carbocycles. The summed E-state index contributed by atoms with van der Waals surface area (Å²) in [6.45, 7) is 0. The third kappa shape index (κ3) is 4.63. The summed E-state index contributed by atoms with van der Waals surface area (Å²) < 4.78 is 0. The van der Waals surface area contributed by atoms with Crippen molar-refractivity contribution < 1.29 is 19.5 Å². The zero-order valence-corrected chi connectivity index (χ0v) is 15.8. The highest BCUT2D eigenvalue weighted by molar-refractivity contribution is 7.17. The lowest BCUT2D eigenvalue weighted by atomic mass is 9.93. The van der Waals surface area contributed by atoms with Crippen LogP contribution in [0.5, 0.6) is 0 Å². The maximum atomic E-state index is 13.0. The van der Waals surface area contributed by atoms with Crippen LogP contribution in [0.1, 0.15) is 78.6 Å². The van der Waals surface area contributed by atoms with E-state index in [9.17, 15) is 14.4 Å². The normalized spacial score (nSPS) is 17.4. The molecule has 1 fully saturated rings. The molecule has 0 bridgehead atoms. The molecular formula is C19H26N2O4S. The Balaban J connectivity index is 1.77. The average molecular weight is 378 g/mol. The Bertz CT molecular complexity index is 692. The zero-order chi connectivity index (χ0) is 18.5. The number of aryl methyl sites for hydroxylation is 1. The molecule has 26 heavy (non-hydrogen) atoms. The third-order valence-electron chi connectivity index (χ3n) is 5.16. The summed E-state index contributed by atoms with van der Waals surface area (Å²) in [6, 6.07) is 0.214. The van der Waals surface area contributed by atoms with Crippen LogP contribution in [-0.2, 0) is 22.4 Å². The average Bonchev–Trinajstić information content (AvgIpc) is 2.98. The predicted molar refractivity (Wildman–Crippen MR) is 101 cm³/mol. The molecule has 0 spiro atoms. The number of carboxylic acid groups (broad SMARTS) is 1. The molecular weight excluding hydrogens is 352 g/mol. The number of nitrogens with one attached hydrogen (secondary N) is 2. The fraction of sp³-hybridized carbons (Fsp3) is 0.632. The maximum Gasteiger partial charge on any atom is 0.303 e. The SMILES string of the molecule is O=C(O)CCC(=O)Nc1sc2c(c1C(=O)NC1CCCCC1)CCCC2. The van der Waals surface area contributed by atoms with Gasteiger partial charge in [0.05, 0.1) is 12.0 Å². The lowest BCUT2D eigenvalue weighted by Crippen LogP contribution is -2.37. The van der Waals surface area contributed by atoms with E-state index >= 15 is 0 Å². The Labute approximate surface area is 157 Å². The molecule has 1 aromatic heterocycles. The van der Waals surface area contributed by atoms with Gasteiger partial charge in [0.25, 0.3) is 5.91 Å². The van der Waals surface area contributed by atoms with Crippen molar-refractivity contribution in [3.8, 4) is 0 Å². The Morgan fingerprint density at radius 3 is 2.46 bits per heavy atom. The molecule has 0 aliphatic heterocycles. The van der Waals surface area contributed by atoms with E-state index in [4.69, 9.17) is 5.11 Å². The van der Waals surface area contributed by atoms with E-state index in [1.807, 2.05) is 0 Å². The number of carbonyl (C=O) groups excluding carboxylic acids is 2. The van der Waals surface area contributed by atoms with Crippen LogP contribution in [-0.4, -0.2) is 28.9 Å². The van der Waals surface area contributed by atoms with E-state index in [0.29, 0.717) is 10.6 Å². The van der Waals surface area contributed by atoms with E-state index < -0.39 is 5.97 Å². The number of hydrogen-bond acceptors (Lipinski definition) is 4. The first-order valence-electron chi connectivity index (χ1n) is 9.51. The summed E-state index contributed by atoms with van der Waals surface area (Å²) in [5.74, 6) is -1.44. The van der Waals surface area contributed by atoms with Crippen LogP contribution in [0.25, 0.3) is 0 Å². The molecule has 3 rings (SSSR count). The lowest BCUT2D eigenvalue weighted by molar-refractivity contribution is -0.138. The summed E-state index contributed by atoms with van der Waals surface area (Å²) in [5.41, 5.74) is 1.68. The largest absolute Gasteiger partial charge is 0.481 e. The van der Waals surface area contributed by atoms with Gasteiger partial charge in [0.2, 0.25) is 5.91 Å². The van der Waals surface area contributed by atoms with Crippen LogP contribution >= 0.6 is 11.3 Å². The number of rotatable bonds is 6. The molecule has 0 radical (unpaired) electrons. The topological polar surface area (TPSA) is 95.5 Å². The van der Waals surface area contributed by atoms with Crippen molar-refractivity contribution in [2.24, 2.45) is 0 Å². The first-order chi connectivity index (χ1) is 12.5. The van der Waals surface area contributed by atoms with Crippen LogP contribution in [0.4, 0.5) is 5.00 Å². The number of thiophene rings is 1. The molecule has 1 saturated carbocycles. The van der Waals surface area contributed by atoms with Crippen molar-refractivity contribution in [3.05, 3.63) is 16.0 Å². The Morgan fingerprint density at radius 1 is 1.00 bits per heavy atom. The number of fused-ring (bicyclic) bond motifs is 1. The van der Waals surface area contributed by atoms with E-state index in [0.717, 1.165) is 56.9 Å². The first kappa shape index (κ1) is 18.9. The smallest absolute Gasteiger partial charge is 0.303 e. The van der Waals surface area contributed by atoms with Gasteiger partial charge in [-0.05, 0) is 44.1 Å². The van der Waals surface area contributed by atoms with E-state index in [1.165, 1.54) is 22.6 Å². The molecule has 2 aliphatic carbocycles. The third-order valence-corrected chi connectivity index (χ3v) is 6.36. The van der Waals surface area contributed by atoms with Gasteiger partial charge in [-0.3, -0.25) is 14.4 Å². The van der Waals surface area contributed by atoms with Gasteiger partial charge in [-0.25, -0.2) is 0 Å². The first-order valence-corrected chi connectivity index (χ1v) is 10.3. The molecule has 0 saturated heterocycles. The molecule has 3 N–H and O–H groups in total. The number of carbonyl (C=O) groups is 3. The highest BCUT2D eigenvalue weighted by Crippen LogP contribution is 2.38. The highest BCUT2D eigenvalue weighted by atomic mass is 32.1. The van der Waals surface area contributed by atoms with Gasteiger partial charge in [0.15, 0.2) is 0 Å². The van der Waals surface area contributed by atoms with Crippen LogP contribution < -0.4 is 10.6 Å². The summed E-state index contributed by atoms with van der Waals surface area (Å²) in [7, 11) is 0. The van der Waals surface area contributed by atoms with Gasteiger partial charge in [-0.2, -0.15) is 0 Å². The highest BCUT2D eigenvalue weighted by Gasteiger charge is 2.28. The Kier molecular flexibility index (Phi) is 6.29. The fourth-order valence-corrected chi connectivity index (χ4v) is 5.11. The fourth-order valence-electron chi connectivity index (χ4n) is 3.81. The van der Waals surface area contributed by atoms with E-state index in [-0.39, 0.29) is 30.7 Å². The van der Waals surface area contributed by atoms with Gasteiger partial charge in [-0.15, -0.1) is 11.3 Å². The van der Waals surface area contributed by atoms with Gasteiger partial charge in [0, 0.05) is 17.3 Å². The van der Waals surface area contributed by atoms with Crippen molar-refractivity contribution in [1.82, 2.24) is 5.32 Å². The molecule has 0 atom stereocenters. The van der Waals surface area contributed by atoms with Gasteiger partial charge >= 0.3 is 5.97 Å². The van der Waals surface area contributed by atoms with Crippen LogP contribution in [0.15, 0.2) is 0 Å². The molecule has 6 nitrogen and oxygen atoms in total. The Morgan fingerprint density at radius 2 is 1.73 bits per heavy atom. The zero-order valence-electron chi connectivity index (χ0n) is 14.9. The predicted octanol–water partition coefficient (Wildman–Crippen LogP) is 3.49. The van der Waals surface area contributed by atoms with Crippen LogP contribution in [0.2, 0.25) is 0 Å². The van der Waals surface area contributed by atoms with Crippen LogP contribution in [0, 0.1) is 0 Å². The molecule has 2 aliphatic rings. The number of aliphatic carboxylic acids is 1. The molecule has 2 amide bonds. The van der Waals surface area contributed by atoms with Crippen LogP contribution in [0.3, 0.4) is 0 Å². The summed E-state index contributed by atoms with van der Waals surface area (Å²) in [6.07, 6.45) is 9.21. The lowest BCUT2D eigenvalue weighted by Gasteiger charge is -2.23.